The van der Waals surface area contributed by atoms with Crippen molar-refractivity contribution in [2.75, 3.05) is 11.8 Å². The molecule has 1 N–H and O–H groups in total. The van der Waals surface area contributed by atoms with E-state index in [9.17, 15) is 18.0 Å². The topological polar surface area (TPSA) is 94.5 Å². The number of carbonyl (C=O) groups excluding carboxylic acids is 1. The first-order valence-electron chi connectivity index (χ1n) is 8.31. The summed E-state index contributed by atoms with van der Waals surface area (Å²) in [6, 6.07) is 8.69. The molecule has 1 aromatic heterocycles. The highest BCUT2D eigenvalue weighted by Crippen LogP contribution is 2.26. The van der Waals surface area contributed by atoms with Crippen molar-refractivity contribution in [2.24, 2.45) is 0 Å². The van der Waals surface area contributed by atoms with E-state index in [0.717, 1.165) is 17.8 Å². The zero-order valence-electron chi connectivity index (χ0n) is 15.1. The number of esters is 1. The third-order valence-electron chi connectivity index (χ3n) is 4.02. The smallest absolute Gasteiger partial charge is 0.339 e. The number of fused-ring (bicyclic) bond motifs is 1. The summed E-state index contributed by atoms with van der Waals surface area (Å²) >= 11 is 6.96. The molecular formula is C18H17ClN2O5S2. The highest BCUT2D eigenvalue weighted by atomic mass is 35.5. The van der Waals surface area contributed by atoms with Gasteiger partial charge in [0.15, 0.2) is 0 Å². The van der Waals surface area contributed by atoms with Crippen LogP contribution in [0.1, 0.15) is 23.7 Å². The molecule has 0 saturated heterocycles. The number of carbonyl (C=O) groups is 1. The summed E-state index contributed by atoms with van der Waals surface area (Å²) in [6.45, 7) is 2.54. The maximum absolute atomic E-state index is 12.8. The average molecular weight is 441 g/mol. The summed E-state index contributed by atoms with van der Waals surface area (Å²) < 4.78 is 34.8. The number of nitrogens with zero attached hydrogens (tertiary/aromatic N) is 1. The van der Waals surface area contributed by atoms with E-state index in [-0.39, 0.29) is 26.0 Å². The van der Waals surface area contributed by atoms with E-state index in [1.54, 1.807) is 10.6 Å². The van der Waals surface area contributed by atoms with Crippen LogP contribution in [0.3, 0.4) is 0 Å². The molecule has 3 aromatic rings. The Morgan fingerprint density at radius 1 is 1.25 bits per heavy atom. The number of anilines is 1. The molecule has 0 aliphatic carbocycles. The van der Waals surface area contributed by atoms with E-state index >= 15 is 0 Å². The molecule has 0 aliphatic rings. The van der Waals surface area contributed by atoms with Crippen molar-refractivity contribution in [1.82, 2.24) is 4.57 Å². The molecule has 10 heteroatoms. The number of sulfonamides is 1. The minimum atomic E-state index is -3.93. The molecule has 0 aliphatic heterocycles. The molecule has 28 heavy (non-hydrogen) atoms. The van der Waals surface area contributed by atoms with Crippen LogP contribution < -0.4 is 9.60 Å². The van der Waals surface area contributed by atoms with Gasteiger partial charge >= 0.3 is 10.8 Å². The van der Waals surface area contributed by atoms with Gasteiger partial charge in [-0.25, -0.2) is 13.2 Å². The van der Waals surface area contributed by atoms with Gasteiger partial charge in [0, 0.05) is 12.2 Å². The van der Waals surface area contributed by atoms with Gasteiger partial charge in [0.1, 0.15) is 0 Å². The molecule has 148 valence electrons. The second-order valence-electron chi connectivity index (χ2n) is 5.94. The summed E-state index contributed by atoms with van der Waals surface area (Å²) in [6.07, 6.45) is 0.798. The zero-order chi connectivity index (χ0) is 20.5. The number of aromatic nitrogens is 1. The summed E-state index contributed by atoms with van der Waals surface area (Å²) in [4.78, 5) is 23.7. The van der Waals surface area contributed by atoms with Crippen LogP contribution in [0.25, 0.3) is 10.2 Å². The minimum absolute atomic E-state index is 0.0134. The summed E-state index contributed by atoms with van der Waals surface area (Å²) in [7, 11) is -2.72. The monoisotopic (exact) mass is 440 g/mol. The van der Waals surface area contributed by atoms with Crippen molar-refractivity contribution in [3.8, 4) is 0 Å². The molecule has 0 unspecified atom stereocenters. The van der Waals surface area contributed by atoms with Gasteiger partial charge in [0.05, 0.1) is 32.8 Å². The van der Waals surface area contributed by atoms with Crippen LogP contribution in [-0.2, 0) is 21.3 Å². The van der Waals surface area contributed by atoms with Gasteiger partial charge in [0.2, 0.25) is 0 Å². The molecule has 0 saturated carbocycles. The van der Waals surface area contributed by atoms with Crippen LogP contribution in [-0.4, -0.2) is 26.1 Å². The van der Waals surface area contributed by atoms with Crippen molar-refractivity contribution in [1.29, 1.82) is 0 Å². The molecule has 7 nitrogen and oxygen atoms in total. The van der Waals surface area contributed by atoms with Crippen LogP contribution in [0.15, 0.2) is 46.1 Å². The number of hydrogen-bond donors (Lipinski definition) is 1. The molecule has 2 aromatic carbocycles. The molecule has 0 amide bonds. The quantitative estimate of drug-likeness (QED) is 0.589. The molecule has 0 radical (unpaired) electrons. The van der Waals surface area contributed by atoms with Crippen molar-refractivity contribution in [2.45, 2.75) is 24.8 Å². The number of methoxy groups -OCH3 is 1. The lowest BCUT2D eigenvalue weighted by Crippen LogP contribution is -2.14. The zero-order valence-corrected chi connectivity index (χ0v) is 17.5. The van der Waals surface area contributed by atoms with Crippen LogP contribution in [0.4, 0.5) is 5.69 Å². The number of hydrogen-bond acceptors (Lipinski definition) is 6. The Morgan fingerprint density at radius 3 is 2.68 bits per heavy atom. The Morgan fingerprint density at radius 2 is 2.00 bits per heavy atom. The third-order valence-corrected chi connectivity index (χ3v) is 6.67. The van der Waals surface area contributed by atoms with Crippen LogP contribution >= 0.6 is 22.9 Å². The van der Waals surface area contributed by atoms with Gasteiger partial charge in [-0.2, -0.15) is 0 Å². The fourth-order valence-electron chi connectivity index (χ4n) is 2.72. The molecule has 0 bridgehead atoms. The van der Waals surface area contributed by atoms with Crippen molar-refractivity contribution >= 4 is 54.8 Å². The van der Waals surface area contributed by atoms with Gasteiger partial charge in [-0.15, -0.1) is 0 Å². The SMILES string of the molecule is CCCn1c(=O)sc2cc(S(=O)(=O)Nc3ccc(Cl)c(C(=O)OC)c3)ccc21. The van der Waals surface area contributed by atoms with E-state index in [0.29, 0.717) is 16.8 Å². The number of aryl methyl sites for hydroxylation is 1. The van der Waals surface area contributed by atoms with Crippen molar-refractivity contribution in [3.05, 3.63) is 56.7 Å². The maximum Gasteiger partial charge on any atom is 0.339 e. The molecular weight excluding hydrogens is 424 g/mol. The van der Waals surface area contributed by atoms with Crippen LogP contribution in [0.2, 0.25) is 5.02 Å². The molecule has 0 fully saturated rings. The fraction of sp³-hybridized carbons (Fsp3) is 0.222. The molecule has 0 spiro atoms. The third kappa shape index (κ3) is 3.91. The van der Waals surface area contributed by atoms with Crippen molar-refractivity contribution in [3.63, 3.8) is 0 Å². The van der Waals surface area contributed by atoms with E-state index in [4.69, 9.17) is 11.6 Å². The van der Waals surface area contributed by atoms with E-state index in [1.807, 2.05) is 6.92 Å². The van der Waals surface area contributed by atoms with Gasteiger partial charge in [-0.1, -0.05) is 29.9 Å². The maximum atomic E-state index is 12.8. The Kier molecular flexibility index (Phi) is 5.78. The lowest BCUT2D eigenvalue weighted by atomic mass is 10.2. The second-order valence-corrected chi connectivity index (χ2v) is 9.02. The average Bonchev–Trinajstić information content (AvgIpc) is 2.97. The Labute approximate surface area is 170 Å². The molecule has 1 heterocycles. The molecule has 0 atom stereocenters. The van der Waals surface area contributed by atoms with E-state index in [2.05, 4.69) is 9.46 Å². The first-order valence-corrected chi connectivity index (χ1v) is 11.0. The van der Waals surface area contributed by atoms with Gasteiger partial charge in [-0.3, -0.25) is 14.1 Å². The van der Waals surface area contributed by atoms with E-state index < -0.39 is 16.0 Å². The first-order chi connectivity index (χ1) is 13.3. The fourth-order valence-corrected chi connectivity index (χ4v) is 5.02. The van der Waals surface area contributed by atoms with E-state index in [1.165, 1.54) is 37.4 Å². The number of thiazole rings is 1. The number of rotatable bonds is 6. The predicted octanol–water partition coefficient (Wildman–Crippen LogP) is 3.71. The van der Waals surface area contributed by atoms with Crippen LogP contribution in [0, 0.1) is 0 Å². The highest BCUT2D eigenvalue weighted by Gasteiger charge is 2.19. The Balaban J connectivity index is 1.97. The lowest BCUT2D eigenvalue weighted by molar-refractivity contribution is 0.0601. The largest absolute Gasteiger partial charge is 0.465 e. The Bertz CT molecular complexity index is 1210. The van der Waals surface area contributed by atoms with Gasteiger partial charge in [0.25, 0.3) is 10.0 Å². The van der Waals surface area contributed by atoms with Crippen LogP contribution in [0.5, 0.6) is 0 Å². The number of benzene rings is 2. The summed E-state index contributed by atoms with van der Waals surface area (Å²) in [5.41, 5.74) is 0.923. The number of halogens is 1. The van der Waals surface area contributed by atoms with Gasteiger partial charge < -0.3 is 4.74 Å². The highest BCUT2D eigenvalue weighted by molar-refractivity contribution is 7.92. The standard InChI is InChI=1S/C18H17ClN2O5S2/c1-3-8-21-15-7-5-12(10-16(15)27-18(21)23)28(24,25)20-11-4-6-14(19)13(9-11)17(22)26-2/h4-7,9-10,20H,3,8H2,1-2H3. The van der Waals surface area contributed by atoms with Crippen molar-refractivity contribution < 1.29 is 17.9 Å². The second kappa shape index (κ2) is 7.94. The van der Waals surface area contributed by atoms with Gasteiger partial charge in [-0.05, 0) is 42.8 Å². The Hall–Kier alpha value is -2.36. The molecule has 3 rings (SSSR count). The summed E-state index contributed by atoms with van der Waals surface area (Å²) in [5, 5.41) is 0.151. The summed E-state index contributed by atoms with van der Waals surface area (Å²) in [5.74, 6) is -0.672. The lowest BCUT2D eigenvalue weighted by Gasteiger charge is -2.10. The normalized spacial score (nSPS) is 11.5. The number of ether oxygens (including phenoxy) is 1. The predicted molar refractivity (Wildman–Crippen MR) is 110 cm³/mol. The first kappa shape index (κ1) is 20.4. The number of nitrogens with one attached hydrogen (secondary N) is 1. The minimum Gasteiger partial charge on any atom is -0.465 e.